The highest BCUT2D eigenvalue weighted by molar-refractivity contribution is 5.67. The lowest BCUT2D eigenvalue weighted by Crippen LogP contribution is -2.71. The average molecular weight is 449 g/mol. The van der Waals surface area contributed by atoms with Crippen LogP contribution in [-0.4, -0.2) is 47.2 Å². The predicted octanol–water partition coefficient (Wildman–Crippen LogP) is 3.13. The van der Waals surface area contributed by atoms with Crippen molar-refractivity contribution in [3.05, 3.63) is 24.2 Å². The Morgan fingerprint density at radius 2 is 1.88 bits per heavy atom. The van der Waals surface area contributed by atoms with E-state index in [4.69, 9.17) is 23.4 Å². The number of hydrogen-bond donors (Lipinski definition) is 1. The molecule has 2 aliphatic heterocycles. The maximum absolute atomic E-state index is 12.2. The molecule has 0 unspecified atom stereocenters. The van der Waals surface area contributed by atoms with E-state index in [2.05, 4.69) is 6.92 Å². The first kappa shape index (κ1) is 21.9. The molecule has 8 heteroatoms. The SMILES string of the molecule is CC(=O)O[C@H]1[C@@H](C)[C@]2(C[C@@H](c3ccoc3)O[C@@H]2O)[C@H]2CC[C@H]3O[C@@]3(C)[C@]2(C)[C@H]1OC(C)=O. The quantitative estimate of drug-likeness (QED) is 0.555. The molecule has 2 saturated carbocycles. The molecule has 1 N–H and O–H groups in total. The number of aliphatic hydroxyl groups excluding tert-OH is 1. The van der Waals surface area contributed by atoms with E-state index in [1.165, 1.54) is 13.8 Å². The van der Waals surface area contributed by atoms with Crippen molar-refractivity contribution < 1.29 is 38.1 Å². The molecule has 2 aliphatic carbocycles. The van der Waals surface area contributed by atoms with Gasteiger partial charge >= 0.3 is 11.9 Å². The molecule has 10 atom stereocenters. The van der Waals surface area contributed by atoms with Crippen molar-refractivity contribution in [2.75, 3.05) is 0 Å². The molecule has 176 valence electrons. The van der Waals surface area contributed by atoms with Gasteiger partial charge in [0.15, 0.2) is 6.29 Å². The monoisotopic (exact) mass is 448 g/mol. The van der Waals surface area contributed by atoms with Gasteiger partial charge in [-0.25, -0.2) is 0 Å². The van der Waals surface area contributed by atoms with Crippen LogP contribution in [0.15, 0.2) is 23.0 Å². The summed E-state index contributed by atoms with van der Waals surface area (Å²) in [5, 5.41) is 11.5. The molecule has 0 radical (unpaired) electrons. The summed E-state index contributed by atoms with van der Waals surface area (Å²) < 4.78 is 29.3. The second kappa shape index (κ2) is 7.05. The summed E-state index contributed by atoms with van der Waals surface area (Å²) in [7, 11) is 0. The zero-order valence-corrected chi connectivity index (χ0v) is 19.2. The van der Waals surface area contributed by atoms with Gasteiger partial charge in [-0.05, 0) is 38.2 Å². The van der Waals surface area contributed by atoms with Crippen LogP contribution in [0.5, 0.6) is 0 Å². The van der Waals surface area contributed by atoms with Gasteiger partial charge in [0, 0.05) is 36.2 Å². The molecular formula is C24H32O8. The first-order valence-corrected chi connectivity index (χ1v) is 11.4. The zero-order chi connectivity index (χ0) is 23.1. The predicted molar refractivity (Wildman–Crippen MR) is 110 cm³/mol. The standard InChI is InChI=1S/C24H32O8/c1-12-19(29-13(2)25)20(30-14(3)26)22(4)17(6-7-18-23(22,5)32-18)24(12)10-16(31-21(24)27)15-8-9-28-11-15/h8-9,11-12,16-21,27H,6-7,10H2,1-5H3/t12-,16+,17+,18-,19+,20+,21+,22+,23-,24-/m1/s1. The first-order valence-electron chi connectivity index (χ1n) is 11.4. The lowest BCUT2D eigenvalue weighted by Gasteiger charge is -2.63. The topological polar surface area (TPSA) is 108 Å². The van der Waals surface area contributed by atoms with Crippen LogP contribution in [0.2, 0.25) is 0 Å². The molecule has 32 heavy (non-hydrogen) atoms. The Morgan fingerprint density at radius 3 is 2.50 bits per heavy atom. The molecule has 2 saturated heterocycles. The highest BCUT2D eigenvalue weighted by atomic mass is 16.6. The third-order valence-corrected chi connectivity index (χ3v) is 9.14. The Labute approximate surface area is 187 Å². The van der Waals surface area contributed by atoms with Gasteiger partial charge in [-0.15, -0.1) is 0 Å². The van der Waals surface area contributed by atoms with Gasteiger partial charge in [0.1, 0.15) is 17.8 Å². The maximum Gasteiger partial charge on any atom is 0.303 e. The smallest absolute Gasteiger partial charge is 0.303 e. The minimum absolute atomic E-state index is 0.0503. The number of hydrogen-bond acceptors (Lipinski definition) is 8. The largest absolute Gasteiger partial charge is 0.472 e. The summed E-state index contributed by atoms with van der Waals surface area (Å²) in [4.78, 5) is 24.3. The number of furan rings is 1. The lowest BCUT2D eigenvalue weighted by atomic mass is 9.42. The number of carbonyl (C=O) groups is 2. The summed E-state index contributed by atoms with van der Waals surface area (Å²) in [5.41, 5.74) is -1.07. The van der Waals surface area contributed by atoms with E-state index < -0.39 is 46.9 Å². The number of ether oxygens (including phenoxy) is 4. The van der Waals surface area contributed by atoms with Gasteiger partial charge in [-0.3, -0.25) is 9.59 Å². The molecule has 0 aromatic carbocycles. The van der Waals surface area contributed by atoms with E-state index in [1.54, 1.807) is 12.5 Å². The van der Waals surface area contributed by atoms with Crippen molar-refractivity contribution in [3.63, 3.8) is 0 Å². The Morgan fingerprint density at radius 1 is 1.16 bits per heavy atom. The molecular weight excluding hydrogens is 416 g/mol. The number of aliphatic hydroxyl groups is 1. The van der Waals surface area contributed by atoms with E-state index in [0.29, 0.717) is 6.42 Å². The van der Waals surface area contributed by atoms with Crippen LogP contribution in [0.3, 0.4) is 0 Å². The van der Waals surface area contributed by atoms with E-state index in [-0.39, 0.29) is 24.0 Å². The fourth-order valence-electron chi connectivity index (χ4n) is 7.42. The molecule has 1 spiro atoms. The van der Waals surface area contributed by atoms with Crippen LogP contribution in [0, 0.1) is 22.7 Å². The number of epoxide rings is 1. The second-order valence-corrected chi connectivity index (χ2v) is 10.4. The van der Waals surface area contributed by atoms with Crippen molar-refractivity contribution in [1.29, 1.82) is 0 Å². The van der Waals surface area contributed by atoms with Gasteiger partial charge in [-0.2, -0.15) is 0 Å². The molecule has 1 aromatic rings. The van der Waals surface area contributed by atoms with Crippen LogP contribution in [0.4, 0.5) is 0 Å². The van der Waals surface area contributed by atoms with Gasteiger partial charge < -0.3 is 28.5 Å². The van der Waals surface area contributed by atoms with Crippen LogP contribution in [0.25, 0.3) is 0 Å². The number of esters is 2. The van der Waals surface area contributed by atoms with Crippen molar-refractivity contribution >= 4 is 11.9 Å². The molecule has 0 bridgehead atoms. The van der Waals surface area contributed by atoms with E-state index in [9.17, 15) is 14.7 Å². The molecule has 3 heterocycles. The van der Waals surface area contributed by atoms with Crippen LogP contribution in [0.1, 0.15) is 65.5 Å². The van der Waals surface area contributed by atoms with Crippen molar-refractivity contribution in [1.82, 2.24) is 0 Å². The van der Waals surface area contributed by atoms with Crippen molar-refractivity contribution in [2.45, 2.75) is 90.2 Å². The highest BCUT2D eigenvalue weighted by Crippen LogP contribution is 2.73. The lowest BCUT2D eigenvalue weighted by molar-refractivity contribution is -0.278. The average Bonchev–Trinajstić information content (AvgIpc) is 3.06. The first-order chi connectivity index (χ1) is 15.1. The van der Waals surface area contributed by atoms with Crippen molar-refractivity contribution in [2.24, 2.45) is 22.7 Å². The van der Waals surface area contributed by atoms with Crippen LogP contribution < -0.4 is 0 Å². The van der Waals surface area contributed by atoms with E-state index in [1.807, 2.05) is 19.9 Å². The van der Waals surface area contributed by atoms with Crippen molar-refractivity contribution in [3.8, 4) is 0 Å². The Bertz CT molecular complexity index is 913. The molecule has 8 nitrogen and oxygen atoms in total. The molecule has 0 amide bonds. The fourth-order valence-corrected chi connectivity index (χ4v) is 7.42. The Balaban J connectivity index is 1.65. The molecule has 4 fully saturated rings. The van der Waals surface area contributed by atoms with Crippen LogP contribution >= 0.6 is 0 Å². The normalized spacial score (nSPS) is 49.2. The third-order valence-electron chi connectivity index (χ3n) is 9.14. The molecule has 5 rings (SSSR count). The zero-order valence-electron chi connectivity index (χ0n) is 19.2. The Hall–Kier alpha value is -1.90. The van der Waals surface area contributed by atoms with E-state index in [0.717, 1.165) is 18.4 Å². The summed E-state index contributed by atoms with van der Waals surface area (Å²) in [5.74, 6) is -1.28. The van der Waals surface area contributed by atoms with E-state index >= 15 is 0 Å². The number of fused-ring (bicyclic) bond motifs is 4. The van der Waals surface area contributed by atoms with Gasteiger partial charge in [0.05, 0.1) is 24.7 Å². The minimum atomic E-state index is -1.07. The highest BCUT2D eigenvalue weighted by Gasteiger charge is 2.80. The number of carbonyl (C=O) groups excluding carboxylic acids is 2. The van der Waals surface area contributed by atoms with Gasteiger partial charge in [0.25, 0.3) is 0 Å². The summed E-state index contributed by atoms with van der Waals surface area (Å²) in [6, 6.07) is 1.84. The number of rotatable bonds is 3. The third kappa shape index (κ3) is 2.72. The molecule has 1 aromatic heterocycles. The fraction of sp³-hybridized carbons (Fsp3) is 0.750. The van der Waals surface area contributed by atoms with Gasteiger partial charge in [-0.1, -0.05) is 13.8 Å². The second-order valence-electron chi connectivity index (χ2n) is 10.4. The van der Waals surface area contributed by atoms with Crippen LogP contribution in [-0.2, 0) is 28.5 Å². The van der Waals surface area contributed by atoms with Gasteiger partial charge in [0.2, 0.25) is 0 Å². The Kier molecular flexibility index (Phi) is 4.83. The molecule has 4 aliphatic rings. The minimum Gasteiger partial charge on any atom is -0.472 e. The maximum atomic E-state index is 12.2. The summed E-state index contributed by atoms with van der Waals surface area (Å²) in [6.07, 6.45) is 2.63. The summed E-state index contributed by atoms with van der Waals surface area (Å²) in [6.45, 7) is 8.80. The summed E-state index contributed by atoms with van der Waals surface area (Å²) >= 11 is 0.